The van der Waals surface area contributed by atoms with E-state index < -0.39 is 10.1 Å². The molecule has 0 saturated heterocycles. The summed E-state index contributed by atoms with van der Waals surface area (Å²) in [5.41, 5.74) is 1.17. The first-order valence-electron chi connectivity index (χ1n) is 6.35. The predicted molar refractivity (Wildman–Crippen MR) is 86.5 cm³/mol. The second-order valence-corrected chi connectivity index (χ2v) is 6.37. The number of rotatable bonds is 5. The van der Waals surface area contributed by atoms with Crippen molar-refractivity contribution in [3.8, 4) is 5.75 Å². The summed E-state index contributed by atoms with van der Waals surface area (Å²) in [5, 5.41) is 1.54. The summed E-state index contributed by atoms with van der Waals surface area (Å²) in [6.07, 6.45) is 1.41. The Bertz CT molecular complexity index is 791. The molecule has 0 heterocycles. The third-order valence-corrected chi connectivity index (χ3v) is 3.92. The first kappa shape index (κ1) is 16.3. The average molecular weight is 337 g/mol. The average Bonchev–Trinajstić information content (AvgIpc) is 2.47. The van der Waals surface area contributed by atoms with Gasteiger partial charge in [0.2, 0.25) is 0 Å². The minimum Gasteiger partial charge on any atom is -0.379 e. The Balaban J connectivity index is 2.10. The van der Waals surface area contributed by atoms with Gasteiger partial charge in [0.1, 0.15) is 5.75 Å². The van der Waals surface area contributed by atoms with Crippen molar-refractivity contribution in [3.05, 3.63) is 70.1 Å². The molecule has 0 saturated carbocycles. The Morgan fingerprint density at radius 3 is 2.18 bits per heavy atom. The van der Waals surface area contributed by atoms with Gasteiger partial charge in [0.25, 0.3) is 0 Å². The highest BCUT2D eigenvalue weighted by Crippen LogP contribution is 2.16. The van der Waals surface area contributed by atoms with Crippen molar-refractivity contribution in [1.82, 2.24) is 0 Å². The highest BCUT2D eigenvalue weighted by Gasteiger charge is 2.08. The normalized spacial score (nSPS) is 11.5. The first-order chi connectivity index (χ1) is 10.4. The molecule has 0 radical (unpaired) electrons. The van der Waals surface area contributed by atoms with E-state index in [-0.39, 0.29) is 11.5 Å². The summed E-state index contributed by atoms with van der Waals surface area (Å²) in [7, 11) is -3.87. The third kappa shape index (κ3) is 4.72. The Morgan fingerprint density at radius 2 is 1.64 bits per heavy atom. The van der Waals surface area contributed by atoms with Crippen LogP contribution in [0, 0.1) is 0 Å². The van der Waals surface area contributed by atoms with E-state index in [1.807, 2.05) is 0 Å². The molecular formula is C16H13ClO4S. The number of Topliss-reactive ketones (excluding diaryl/α,β-unsaturated/α-hetero) is 1. The van der Waals surface area contributed by atoms with Gasteiger partial charge in [0.05, 0.1) is 5.41 Å². The van der Waals surface area contributed by atoms with Gasteiger partial charge in [-0.05, 0) is 55.0 Å². The van der Waals surface area contributed by atoms with E-state index in [0.717, 1.165) is 5.41 Å². The van der Waals surface area contributed by atoms with Gasteiger partial charge in [-0.25, -0.2) is 0 Å². The molecule has 4 nitrogen and oxygen atoms in total. The van der Waals surface area contributed by atoms with E-state index in [1.165, 1.54) is 37.3 Å². The van der Waals surface area contributed by atoms with Gasteiger partial charge < -0.3 is 4.18 Å². The van der Waals surface area contributed by atoms with Crippen molar-refractivity contribution in [1.29, 1.82) is 0 Å². The number of carbonyl (C=O) groups excluding carboxylic acids is 1. The van der Waals surface area contributed by atoms with E-state index in [9.17, 15) is 13.2 Å². The second kappa shape index (κ2) is 6.77. The maximum absolute atomic E-state index is 11.9. The summed E-state index contributed by atoms with van der Waals surface area (Å²) in [6.45, 7) is 1.43. The Hall–Kier alpha value is -2.11. The lowest BCUT2D eigenvalue weighted by Gasteiger charge is -2.04. The molecular weight excluding hydrogens is 324 g/mol. The van der Waals surface area contributed by atoms with Crippen LogP contribution in [0.15, 0.2) is 53.9 Å². The molecule has 22 heavy (non-hydrogen) atoms. The van der Waals surface area contributed by atoms with Crippen LogP contribution in [0.3, 0.4) is 0 Å². The van der Waals surface area contributed by atoms with Crippen LogP contribution in [-0.4, -0.2) is 14.2 Å². The molecule has 114 valence electrons. The van der Waals surface area contributed by atoms with Gasteiger partial charge in [-0.15, -0.1) is 0 Å². The van der Waals surface area contributed by atoms with Crippen LogP contribution in [0.25, 0.3) is 6.08 Å². The van der Waals surface area contributed by atoms with Crippen molar-refractivity contribution in [2.75, 3.05) is 0 Å². The number of benzene rings is 2. The van der Waals surface area contributed by atoms with Crippen molar-refractivity contribution in [3.63, 3.8) is 0 Å². The van der Waals surface area contributed by atoms with Crippen LogP contribution in [0.5, 0.6) is 5.75 Å². The van der Waals surface area contributed by atoms with E-state index in [1.54, 1.807) is 24.3 Å². The van der Waals surface area contributed by atoms with E-state index in [0.29, 0.717) is 16.1 Å². The van der Waals surface area contributed by atoms with E-state index in [4.69, 9.17) is 15.8 Å². The standard InChI is InChI=1S/C16H13ClO4S/c1-12(18)14-4-8-16(9-5-14)21-22(19,20)11-10-13-2-6-15(17)7-3-13/h2-11H,1H3/b11-10+. The van der Waals surface area contributed by atoms with Gasteiger partial charge in [-0.2, -0.15) is 8.42 Å². The lowest BCUT2D eigenvalue weighted by atomic mass is 10.1. The number of hydrogen-bond donors (Lipinski definition) is 0. The molecule has 0 N–H and O–H groups in total. The highest BCUT2D eigenvalue weighted by atomic mass is 35.5. The maximum atomic E-state index is 11.9. The van der Waals surface area contributed by atoms with Crippen molar-refractivity contribution >= 4 is 33.6 Å². The molecule has 0 bridgehead atoms. The molecule has 0 atom stereocenters. The fraction of sp³-hybridized carbons (Fsp3) is 0.0625. The molecule has 0 amide bonds. The molecule has 0 aromatic heterocycles. The first-order valence-corrected chi connectivity index (χ1v) is 8.20. The van der Waals surface area contributed by atoms with Crippen LogP contribution in [0.1, 0.15) is 22.8 Å². The van der Waals surface area contributed by atoms with Crippen LogP contribution < -0.4 is 4.18 Å². The molecule has 0 aliphatic rings. The minimum absolute atomic E-state index is 0.1000. The molecule has 2 aromatic rings. The zero-order valence-electron chi connectivity index (χ0n) is 11.7. The maximum Gasteiger partial charge on any atom is 0.332 e. The van der Waals surface area contributed by atoms with Crippen molar-refractivity contribution < 1.29 is 17.4 Å². The fourth-order valence-corrected chi connectivity index (χ4v) is 2.53. The Kier molecular flexibility index (Phi) is 5.00. The summed E-state index contributed by atoms with van der Waals surface area (Å²) >= 11 is 5.75. The third-order valence-electron chi connectivity index (χ3n) is 2.77. The van der Waals surface area contributed by atoms with Crippen LogP contribution in [0.2, 0.25) is 5.02 Å². The van der Waals surface area contributed by atoms with Crippen molar-refractivity contribution in [2.24, 2.45) is 0 Å². The second-order valence-electron chi connectivity index (χ2n) is 4.51. The lowest BCUT2D eigenvalue weighted by Crippen LogP contribution is -2.05. The number of carbonyl (C=O) groups is 1. The topological polar surface area (TPSA) is 60.4 Å². The number of hydrogen-bond acceptors (Lipinski definition) is 4. The zero-order valence-corrected chi connectivity index (χ0v) is 13.3. The zero-order chi connectivity index (χ0) is 16.2. The monoisotopic (exact) mass is 336 g/mol. The van der Waals surface area contributed by atoms with E-state index in [2.05, 4.69) is 0 Å². The Morgan fingerprint density at radius 1 is 1.05 bits per heavy atom. The minimum atomic E-state index is -3.87. The Labute approximate surface area is 134 Å². The largest absolute Gasteiger partial charge is 0.379 e. The molecule has 0 spiro atoms. The summed E-state index contributed by atoms with van der Waals surface area (Å²) in [5.74, 6) is 0.0443. The predicted octanol–water partition coefficient (Wildman–Crippen LogP) is 3.92. The molecule has 2 aromatic carbocycles. The van der Waals surface area contributed by atoms with Gasteiger partial charge in [0.15, 0.2) is 5.78 Å². The summed E-state index contributed by atoms with van der Waals surface area (Å²) in [4.78, 5) is 11.1. The molecule has 0 aliphatic heterocycles. The highest BCUT2D eigenvalue weighted by molar-refractivity contribution is 7.90. The SMILES string of the molecule is CC(=O)c1ccc(OS(=O)(=O)/C=C/c2ccc(Cl)cc2)cc1. The molecule has 0 unspecified atom stereocenters. The van der Waals surface area contributed by atoms with Gasteiger partial charge >= 0.3 is 10.1 Å². The van der Waals surface area contributed by atoms with Crippen molar-refractivity contribution in [2.45, 2.75) is 6.92 Å². The molecule has 2 rings (SSSR count). The number of halogens is 1. The van der Waals surface area contributed by atoms with Gasteiger partial charge in [0, 0.05) is 10.6 Å². The molecule has 6 heteroatoms. The molecule has 0 fully saturated rings. The smallest absolute Gasteiger partial charge is 0.332 e. The quantitative estimate of drug-likeness (QED) is 0.613. The fourth-order valence-electron chi connectivity index (χ4n) is 1.64. The van der Waals surface area contributed by atoms with Gasteiger partial charge in [-0.3, -0.25) is 4.79 Å². The summed E-state index contributed by atoms with van der Waals surface area (Å²) < 4.78 is 28.6. The van der Waals surface area contributed by atoms with Crippen LogP contribution in [0.4, 0.5) is 0 Å². The van der Waals surface area contributed by atoms with E-state index >= 15 is 0 Å². The van der Waals surface area contributed by atoms with Crippen LogP contribution >= 0.6 is 11.6 Å². The summed E-state index contributed by atoms with van der Waals surface area (Å²) in [6, 6.07) is 12.6. The van der Waals surface area contributed by atoms with Crippen LogP contribution in [-0.2, 0) is 10.1 Å². The molecule has 0 aliphatic carbocycles. The number of ketones is 1. The van der Waals surface area contributed by atoms with Gasteiger partial charge in [-0.1, -0.05) is 23.7 Å². The lowest BCUT2D eigenvalue weighted by molar-refractivity contribution is 0.101.